The second-order valence-electron chi connectivity index (χ2n) is 5.42. The zero-order valence-electron chi connectivity index (χ0n) is 11.1. The van der Waals surface area contributed by atoms with Crippen LogP contribution in [0.4, 0.5) is 11.4 Å². The average Bonchev–Trinajstić information content (AvgIpc) is 2.79. The van der Waals surface area contributed by atoms with Gasteiger partial charge in [-0.15, -0.1) is 0 Å². The number of aromatic nitrogens is 1. The molecule has 2 aliphatic heterocycles. The molecule has 0 aromatic carbocycles. The first kappa shape index (κ1) is 12.8. The maximum atomic E-state index is 11.4. The van der Waals surface area contributed by atoms with Crippen molar-refractivity contribution in [3.05, 3.63) is 28.6 Å². The van der Waals surface area contributed by atoms with Crippen molar-refractivity contribution in [2.75, 3.05) is 18.0 Å². The monoisotopic (exact) mass is 277 g/mol. The number of rotatable bonds is 2. The summed E-state index contributed by atoms with van der Waals surface area (Å²) < 4.78 is 5.33. The van der Waals surface area contributed by atoms with E-state index in [-0.39, 0.29) is 29.6 Å². The van der Waals surface area contributed by atoms with E-state index in [0.717, 1.165) is 0 Å². The molecule has 7 heteroatoms. The van der Waals surface area contributed by atoms with Gasteiger partial charge in [0.2, 0.25) is 0 Å². The maximum absolute atomic E-state index is 11.4. The first-order chi connectivity index (χ1) is 9.56. The van der Waals surface area contributed by atoms with Gasteiger partial charge in [0, 0.05) is 31.1 Å². The SMILES string of the molecule is C[C@H]1CN(c2ccncc2[N+](=O)[O-])C[C@H]2CC(=O)OC21. The van der Waals surface area contributed by atoms with Gasteiger partial charge in [-0.2, -0.15) is 0 Å². The van der Waals surface area contributed by atoms with Crippen LogP contribution in [0.25, 0.3) is 0 Å². The van der Waals surface area contributed by atoms with Crippen LogP contribution >= 0.6 is 0 Å². The van der Waals surface area contributed by atoms with Gasteiger partial charge in [-0.1, -0.05) is 6.92 Å². The van der Waals surface area contributed by atoms with E-state index in [4.69, 9.17) is 4.74 Å². The summed E-state index contributed by atoms with van der Waals surface area (Å²) in [6, 6.07) is 1.66. The number of nitrogens with zero attached hydrogens (tertiary/aromatic N) is 3. The minimum absolute atomic E-state index is 0.00314. The number of pyridine rings is 1. The Kier molecular flexibility index (Phi) is 3.04. The largest absolute Gasteiger partial charge is 0.462 e. The highest BCUT2D eigenvalue weighted by Gasteiger charge is 2.44. The molecule has 0 saturated carbocycles. The van der Waals surface area contributed by atoms with Gasteiger partial charge in [-0.05, 0) is 6.07 Å². The van der Waals surface area contributed by atoms with Crippen LogP contribution in [0.15, 0.2) is 18.5 Å². The van der Waals surface area contributed by atoms with Crippen LogP contribution in [0.5, 0.6) is 0 Å². The third-order valence-electron chi connectivity index (χ3n) is 4.00. The molecule has 20 heavy (non-hydrogen) atoms. The molecule has 0 radical (unpaired) electrons. The van der Waals surface area contributed by atoms with Gasteiger partial charge in [0.1, 0.15) is 18.0 Å². The molecule has 2 fully saturated rings. The number of piperidine rings is 1. The molecular formula is C13H15N3O4. The fourth-order valence-corrected chi connectivity index (χ4v) is 3.17. The van der Waals surface area contributed by atoms with Crippen LogP contribution in [-0.4, -0.2) is 35.1 Å². The Hall–Kier alpha value is -2.18. The van der Waals surface area contributed by atoms with Crippen molar-refractivity contribution in [3.8, 4) is 0 Å². The van der Waals surface area contributed by atoms with E-state index < -0.39 is 4.92 Å². The van der Waals surface area contributed by atoms with Crippen LogP contribution in [0.1, 0.15) is 13.3 Å². The minimum atomic E-state index is -0.421. The molecule has 0 bridgehead atoms. The number of esters is 1. The number of fused-ring (bicyclic) bond motifs is 1. The summed E-state index contributed by atoms with van der Waals surface area (Å²) >= 11 is 0. The van der Waals surface area contributed by atoms with Crippen molar-refractivity contribution in [1.29, 1.82) is 0 Å². The Morgan fingerprint density at radius 2 is 2.30 bits per heavy atom. The van der Waals surface area contributed by atoms with Crippen molar-refractivity contribution in [1.82, 2.24) is 4.98 Å². The van der Waals surface area contributed by atoms with Crippen LogP contribution in [0.3, 0.4) is 0 Å². The molecule has 1 unspecified atom stereocenters. The minimum Gasteiger partial charge on any atom is -0.462 e. The number of anilines is 1. The van der Waals surface area contributed by atoms with E-state index >= 15 is 0 Å². The number of carbonyl (C=O) groups is 1. The summed E-state index contributed by atoms with van der Waals surface area (Å²) in [7, 11) is 0. The second kappa shape index (κ2) is 4.73. The molecule has 2 aliphatic rings. The fraction of sp³-hybridized carbons (Fsp3) is 0.538. The molecule has 3 rings (SSSR count). The lowest BCUT2D eigenvalue weighted by Crippen LogP contribution is -2.47. The molecule has 7 nitrogen and oxygen atoms in total. The van der Waals surface area contributed by atoms with E-state index in [1.54, 1.807) is 12.3 Å². The molecule has 0 aliphatic carbocycles. The summed E-state index contributed by atoms with van der Waals surface area (Å²) in [5.41, 5.74) is 0.568. The average molecular weight is 277 g/mol. The number of hydrogen-bond acceptors (Lipinski definition) is 6. The Bertz CT molecular complexity index is 562. The van der Waals surface area contributed by atoms with Crippen molar-refractivity contribution in [2.45, 2.75) is 19.4 Å². The molecule has 1 aromatic heterocycles. The highest BCUT2D eigenvalue weighted by Crippen LogP contribution is 2.37. The Morgan fingerprint density at radius 3 is 3.05 bits per heavy atom. The van der Waals surface area contributed by atoms with Gasteiger partial charge in [-0.25, -0.2) is 0 Å². The number of nitro groups is 1. The number of ether oxygens (including phenoxy) is 1. The number of hydrogen-bond donors (Lipinski definition) is 0. The summed E-state index contributed by atoms with van der Waals surface area (Å²) in [6.45, 7) is 3.25. The highest BCUT2D eigenvalue weighted by molar-refractivity contribution is 5.73. The lowest BCUT2D eigenvalue weighted by molar-refractivity contribution is -0.384. The van der Waals surface area contributed by atoms with E-state index in [0.29, 0.717) is 25.2 Å². The summed E-state index contributed by atoms with van der Waals surface area (Å²) in [5.74, 6) is 0.102. The predicted molar refractivity (Wildman–Crippen MR) is 70.3 cm³/mol. The molecule has 0 spiro atoms. The van der Waals surface area contributed by atoms with E-state index in [9.17, 15) is 14.9 Å². The van der Waals surface area contributed by atoms with Gasteiger partial charge in [0.15, 0.2) is 0 Å². The van der Waals surface area contributed by atoms with E-state index in [2.05, 4.69) is 4.98 Å². The third kappa shape index (κ3) is 2.09. The zero-order chi connectivity index (χ0) is 14.3. The highest BCUT2D eigenvalue weighted by atomic mass is 16.6. The van der Waals surface area contributed by atoms with Crippen molar-refractivity contribution in [3.63, 3.8) is 0 Å². The first-order valence-corrected chi connectivity index (χ1v) is 6.59. The molecule has 106 valence electrons. The predicted octanol–water partition coefficient (Wildman–Crippen LogP) is 1.38. The molecule has 0 N–H and O–H groups in total. The maximum Gasteiger partial charge on any atom is 0.310 e. The lowest BCUT2D eigenvalue weighted by Gasteiger charge is -2.38. The molecule has 0 amide bonds. The molecule has 3 atom stereocenters. The van der Waals surface area contributed by atoms with E-state index in [1.807, 2.05) is 11.8 Å². The Morgan fingerprint density at radius 1 is 1.50 bits per heavy atom. The quantitative estimate of drug-likeness (QED) is 0.461. The van der Waals surface area contributed by atoms with Crippen LogP contribution < -0.4 is 4.90 Å². The van der Waals surface area contributed by atoms with Crippen LogP contribution in [-0.2, 0) is 9.53 Å². The summed E-state index contributed by atoms with van der Waals surface area (Å²) in [5, 5.41) is 11.1. The molecule has 2 saturated heterocycles. The summed E-state index contributed by atoms with van der Waals surface area (Å²) in [4.78, 5) is 27.9. The molecule has 1 aromatic rings. The second-order valence-corrected chi connectivity index (χ2v) is 5.42. The van der Waals surface area contributed by atoms with Gasteiger partial charge >= 0.3 is 11.7 Å². The first-order valence-electron chi connectivity index (χ1n) is 6.59. The van der Waals surface area contributed by atoms with Gasteiger partial charge in [-0.3, -0.25) is 19.9 Å². The van der Waals surface area contributed by atoms with Crippen LogP contribution in [0, 0.1) is 22.0 Å². The van der Waals surface area contributed by atoms with Crippen LogP contribution in [0.2, 0.25) is 0 Å². The number of carbonyl (C=O) groups excluding carboxylic acids is 1. The van der Waals surface area contributed by atoms with Gasteiger partial charge < -0.3 is 9.64 Å². The Labute approximate surface area is 115 Å². The third-order valence-corrected chi connectivity index (χ3v) is 4.00. The fourth-order valence-electron chi connectivity index (χ4n) is 3.17. The summed E-state index contributed by atoms with van der Waals surface area (Å²) in [6.07, 6.45) is 3.15. The van der Waals surface area contributed by atoms with E-state index in [1.165, 1.54) is 6.20 Å². The topological polar surface area (TPSA) is 85.6 Å². The van der Waals surface area contributed by atoms with Gasteiger partial charge in [0.05, 0.1) is 11.3 Å². The molecule has 3 heterocycles. The Balaban J connectivity index is 1.89. The smallest absolute Gasteiger partial charge is 0.310 e. The standard InChI is InChI=1S/C13H15N3O4/c1-8-6-15(7-9-4-12(17)20-13(8)9)10-2-3-14-5-11(10)16(18)19/h2-3,5,8-9,13H,4,6-7H2,1H3/t8-,9+,13?/m0/s1. The van der Waals surface area contributed by atoms with Crippen molar-refractivity contribution in [2.24, 2.45) is 11.8 Å². The van der Waals surface area contributed by atoms with Crippen molar-refractivity contribution < 1.29 is 14.5 Å². The molecular weight excluding hydrogens is 262 g/mol. The lowest BCUT2D eigenvalue weighted by atomic mass is 9.86. The zero-order valence-corrected chi connectivity index (χ0v) is 11.1. The van der Waals surface area contributed by atoms with Gasteiger partial charge in [0.25, 0.3) is 0 Å². The van der Waals surface area contributed by atoms with Crippen molar-refractivity contribution >= 4 is 17.3 Å². The normalized spacial score (nSPS) is 28.9.